The second-order valence-corrected chi connectivity index (χ2v) is 5.10. The van der Waals surface area contributed by atoms with Gasteiger partial charge in [0, 0.05) is 0 Å². The van der Waals surface area contributed by atoms with Gasteiger partial charge < -0.3 is 5.32 Å². The number of carbonyl (C=O) groups is 1. The quantitative estimate of drug-likeness (QED) is 0.886. The third-order valence-corrected chi connectivity index (χ3v) is 3.79. The first-order valence-electron chi connectivity index (χ1n) is 6.89. The molecular formula is C17H16FNO. The number of hydrogen-bond donors (Lipinski definition) is 1. The first-order chi connectivity index (χ1) is 9.75. The van der Waals surface area contributed by atoms with Gasteiger partial charge >= 0.3 is 0 Å². The molecule has 102 valence electrons. The Labute approximate surface area is 117 Å². The van der Waals surface area contributed by atoms with Gasteiger partial charge in [0.05, 0.1) is 11.6 Å². The van der Waals surface area contributed by atoms with Crippen molar-refractivity contribution in [2.24, 2.45) is 0 Å². The van der Waals surface area contributed by atoms with Gasteiger partial charge in [-0.25, -0.2) is 4.39 Å². The Hall–Kier alpha value is -2.16. The van der Waals surface area contributed by atoms with E-state index in [0.717, 1.165) is 24.8 Å². The van der Waals surface area contributed by atoms with Crippen LogP contribution >= 0.6 is 0 Å². The third kappa shape index (κ3) is 2.44. The van der Waals surface area contributed by atoms with Crippen molar-refractivity contribution in [3.8, 4) is 0 Å². The zero-order chi connectivity index (χ0) is 13.9. The first-order valence-corrected chi connectivity index (χ1v) is 6.89. The minimum atomic E-state index is -0.478. The van der Waals surface area contributed by atoms with Gasteiger partial charge in [-0.05, 0) is 42.5 Å². The van der Waals surface area contributed by atoms with Crippen LogP contribution in [0.2, 0.25) is 0 Å². The lowest BCUT2D eigenvalue weighted by atomic mass is 9.87. The van der Waals surface area contributed by atoms with Gasteiger partial charge in [-0.15, -0.1) is 0 Å². The monoisotopic (exact) mass is 269 g/mol. The normalized spacial score (nSPS) is 17.4. The number of amides is 1. The van der Waals surface area contributed by atoms with E-state index in [-0.39, 0.29) is 17.5 Å². The number of rotatable bonds is 2. The van der Waals surface area contributed by atoms with Crippen molar-refractivity contribution in [1.82, 2.24) is 5.32 Å². The zero-order valence-corrected chi connectivity index (χ0v) is 11.1. The number of nitrogens with one attached hydrogen (secondary N) is 1. The standard InChI is InChI=1S/C17H16FNO/c18-15-10-4-3-9-14(15)17(20)19-16-11-5-7-12-6-1-2-8-13(12)16/h1-4,6,8-10,16H,5,7,11H2,(H,19,20)/t16-/m1/s1. The van der Waals surface area contributed by atoms with Crippen LogP contribution in [0.15, 0.2) is 48.5 Å². The molecule has 0 bridgehead atoms. The Kier molecular flexibility index (Phi) is 3.50. The molecular weight excluding hydrogens is 253 g/mol. The zero-order valence-electron chi connectivity index (χ0n) is 11.1. The Morgan fingerprint density at radius 1 is 1.10 bits per heavy atom. The Morgan fingerprint density at radius 3 is 2.70 bits per heavy atom. The summed E-state index contributed by atoms with van der Waals surface area (Å²) < 4.78 is 13.6. The highest BCUT2D eigenvalue weighted by atomic mass is 19.1. The van der Waals surface area contributed by atoms with E-state index < -0.39 is 5.82 Å². The predicted octanol–water partition coefficient (Wildman–Crippen LogP) is 3.63. The van der Waals surface area contributed by atoms with Crippen LogP contribution in [0.1, 0.15) is 40.4 Å². The van der Waals surface area contributed by atoms with Crippen molar-refractivity contribution in [2.45, 2.75) is 25.3 Å². The molecule has 3 heteroatoms. The van der Waals surface area contributed by atoms with E-state index in [9.17, 15) is 9.18 Å². The molecule has 0 saturated heterocycles. The average molecular weight is 269 g/mol. The van der Waals surface area contributed by atoms with Gasteiger partial charge in [0.1, 0.15) is 5.82 Å². The highest BCUT2D eigenvalue weighted by Crippen LogP contribution is 2.29. The summed E-state index contributed by atoms with van der Waals surface area (Å²) in [6.07, 6.45) is 2.98. The van der Waals surface area contributed by atoms with E-state index in [1.807, 2.05) is 18.2 Å². The van der Waals surface area contributed by atoms with E-state index in [2.05, 4.69) is 11.4 Å². The summed E-state index contributed by atoms with van der Waals surface area (Å²) >= 11 is 0. The second kappa shape index (κ2) is 5.45. The average Bonchev–Trinajstić information content (AvgIpc) is 2.48. The van der Waals surface area contributed by atoms with Crippen LogP contribution in [-0.4, -0.2) is 5.91 Å². The fourth-order valence-electron chi connectivity index (χ4n) is 2.79. The molecule has 1 aliphatic rings. The lowest BCUT2D eigenvalue weighted by Gasteiger charge is -2.26. The molecule has 2 aromatic rings. The van der Waals surface area contributed by atoms with Crippen LogP contribution in [0.5, 0.6) is 0 Å². The van der Waals surface area contributed by atoms with Gasteiger partial charge in [-0.3, -0.25) is 4.79 Å². The molecule has 2 nitrogen and oxygen atoms in total. The van der Waals surface area contributed by atoms with Crippen LogP contribution < -0.4 is 5.32 Å². The Bertz CT molecular complexity index is 638. The maximum atomic E-state index is 13.6. The van der Waals surface area contributed by atoms with Crippen molar-refractivity contribution in [1.29, 1.82) is 0 Å². The van der Waals surface area contributed by atoms with E-state index >= 15 is 0 Å². The number of carbonyl (C=O) groups excluding carboxylic acids is 1. The van der Waals surface area contributed by atoms with Gasteiger partial charge in [0.2, 0.25) is 0 Å². The third-order valence-electron chi connectivity index (χ3n) is 3.79. The predicted molar refractivity (Wildman–Crippen MR) is 76.0 cm³/mol. The van der Waals surface area contributed by atoms with Crippen LogP contribution in [0.3, 0.4) is 0 Å². The van der Waals surface area contributed by atoms with Crippen molar-refractivity contribution in [3.63, 3.8) is 0 Å². The summed E-state index contributed by atoms with van der Waals surface area (Å²) in [6, 6.07) is 14.2. The minimum absolute atomic E-state index is 0.0212. The first kappa shape index (κ1) is 12.9. The smallest absolute Gasteiger partial charge is 0.254 e. The molecule has 0 aliphatic heterocycles. The van der Waals surface area contributed by atoms with Crippen molar-refractivity contribution in [3.05, 3.63) is 71.0 Å². The molecule has 0 aromatic heterocycles. The summed E-state index contributed by atoms with van der Waals surface area (Å²) in [5, 5.41) is 2.95. The summed E-state index contributed by atoms with van der Waals surface area (Å²) in [5.41, 5.74) is 2.54. The molecule has 0 saturated carbocycles. The summed E-state index contributed by atoms with van der Waals surface area (Å²) in [5.74, 6) is -0.820. The maximum Gasteiger partial charge on any atom is 0.254 e. The summed E-state index contributed by atoms with van der Waals surface area (Å²) in [4.78, 5) is 12.2. The van der Waals surface area contributed by atoms with Gasteiger partial charge in [-0.2, -0.15) is 0 Å². The fourth-order valence-corrected chi connectivity index (χ4v) is 2.79. The van der Waals surface area contributed by atoms with Gasteiger partial charge in [0.25, 0.3) is 5.91 Å². The molecule has 20 heavy (non-hydrogen) atoms. The molecule has 1 aliphatic carbocycles. The summed E-state index contributed by atoms with van der Waals surface area (Å²) in [7, 11) is 0. The van der Waals surface area contributed by atoms with Crippen LogP contribution in [0.4, 0.5) is 4.39 Å². The lowest BCUT2D eigenvalue weighted by Crippen LogP contribution is -2.31. The van der Waals surface area contributed by atoms with E-state index in [0.29, 0.717) is 0 Å². The lowest BCUT2D eigenvalue weighted by molar-refractivity contribution is 0.0928. The molecule has 0 radical (unpaired) electrons. The minimum Gasteiger partial charge on any atom is -0.345 e. The SMILES string of the molecule is O=C(N[C@@H]1CCCc2ccccc21)c1ccccc1F. The summed E-state index contributed by atoms with van der Waals surface area (Å²) in [6.45, 7) is 0. The van der Waals surface area contributed by atoms with Crippen molar-refractivity contribution in [2.75, 3.05) is 0 Å². The van der Waals surface area contributed by atoms with Gasteiger partial charge in [-0.1, -0.05) is 36.4 Å². The van der Waals surface area contributed by atoms with Crippen LogP contribution in [0.25, 0.3) is 0 Å². The van der Waals surface area contributed by atoms with Crippen molar-refractivity contribution < 1.29 is 9.18 Å². The molecule has 1 N–H and O–H groups in total. The highest BCUT2D eigenvalue weighted by molar-refractivity contribution is 5.94. The Balaban J connectivity index is 1.83. The largest absolute Gasteiger partial charge is 0.345 e. The second-order valence-electron chi connectivity index (χ2n) is 5.10. The van der Waals surface area contributed by atoms with E-state index in [1.54, 1.807) is 12.1 Å². The molecule has 0 unspecified atom stereocenters. The molecule has 3 rings (SSSR count). The number of hydrogen-bond acceptors (Lipinski definition) is 1. The molecule has 2 aromatic carbocycles. The van der Waals surface area contributed by atoms with E-state index in [1.165, 1.54) is 17.7 Å². The van der Waals surface area contributed by atoms with E-state index in [4.69, 9.17) is 0 Å². The van der Waals surface area contributed by atoms with Crippen LogP contribution in [0, 0.1) is 5.82 Å². The molecule has 1 atom stereocenters. The number of fused-ring (bicyclic) bond motifs is 1. The number of benzene rings is 2. The number of halogens is 1. The molecule has 0 heterocycles. The van der Waals surface area contributed by atoms with Gasteiger partial charge in [0.15, 0.2) is 0 Å². The topological polar surface area (TPSA) is 29.1 Å². The highest BCUT2D eigenvalue weighted by Gasteiger charge is 2.22. The molecule has 0 spiro atoms. The molecule has 1 amide bonds. The van der Waals surface area contributed by atoms with Crippen LogP contribution in [-0.2, 0) is 6.42 Å². The van der Waals surface area contributed by atoms with Crippen molar-refractivity contribution >= 4 is 5.91 Å². The maximum absolute atomic E-state index is 13.6. The Morgan fingerprint density at radius 2 is 1.85 bits per heavy atom. The molecule has 0 fully saturated rings. The number of aryl methyl sites for hydroxylation is 1. The fraction of sp³-hybridized carbons (Fsp3) is 0.235.